The molecule has 38 heavy (non-hydrogen) atoms. The van der Waals surface area contributed by atoms with Gasteiger partial charge in [-0.25, -0.2) is 4.79 Å². The zero-order valence-corrected chi connectivity index (χ0v) is 20.7. The maximum Gasteiger partial charge on any atom is 0.418 e. The summed E-state index contributed by atoms with van der Waals surface area (Å²) in [5.41, 5.74) is 0.00339. The minimum Gasteiger partial charge on any atom is -0.480 e. The monoisotopic (exact) mass is 565 g/mol. The number of hydrogen-bond acceptors (Lipinski definition) is 7. The van der Waals surface area contributed by atoms with E-state index < -0.39 is 52.9 Å². The maximum atomic E-state index is 13.7. The molecule has 1 aromatic carbocycles. The van der Waals surface area contributed by atoms with E-state index in [4.69, 9.17) is 0 Å². The van der Waals surface area contributed by atoms with E-state index in [-0.39, 0.29) is 27.6 Å². The van der Waals surface area contributed by atoms with Gasteiger partial charge in [-0.3, -0.25) is 19.5 Å². The average molecular weight is 566 g/mol. The molecule has 3 aromatic heterocycles. The molecule has 0 bridgehead atoms. The van der Waals surface area contributed by atoms with Gasteiger partial charge in [-0.05, 0) is 29.1 Å². The third kappa shape index (κ3) is 6.00. The number of H-pyrrole nitrogens is 1. The third-order valence-electron chi connectivity index (χ3n) is 5.30. The van der Waals surface area contributed by atoms with E-state index in [2.05, 4.69) is 20.8 Å². The Balaban J connectivity index is 1.48. The number of thiophene rings is 2. The molecule has 0 saturated carbocycles. The number of carboxylic acids is 1. The number of alkyl halides is 3. The minimum atomic E-state index is -4.99. The van der Waals surface area contributed by atoms with Crippen LogP contribution in [-0.2, 0) is 17.5 Å². The predicted octanol–water partition coefficient (Wildman–Crippen LogP) is 3.25. The lowest BCUT2D eigenvalue weighted by atomic mass is 10.1. The van der Waals surface area contributed by atoms with Crippen molar-refractivity contribution in [2.45, 2.75) is 18.8 Å². The van der Waals surface area contributed by atoms with Crippen LogP contribution >= 0.6 is 22.7 Å². The van der Waals surface area contributed by atoms with Crippen LogP contribution < -0.4 is 16.0 Å². The molecule has 5 N–H and O–H groups in total. The number of rotatable bonds is 9. The van der Waals surface area contributed by atoms with Gasteiger partial charge in [-0.1, -0.05) is 18.2 Å². The number of hydrogen-bond donors (Lipinski definition) is 5. The van der Waals surface area contributed by atoms with Crippen LogP contribution in [0.2, 0.25) is 0 Å². The third-order valence-corrected chi connectivity index (χ3v) is 7.30. The molecule has 15 heteroatoms. The fourth-order valence-corrected chi connectivity index (χ4v) is 5.08. The molecule has 10 nitrogen and oxygen atoms in total. The number of amides is 3. The van der Waals surface area contributed by atoms with Gasteiger partial charge in [0.05, 0.1) is 27.0 Å². The summed E-state index contributed by atoms with van der Waals surface area (Å²) < 4.78 is 41.1. The molecule has 1 atom stereocenters. The normalized spacial score (nSPS) is 12.2. The van der Waals surface area contributed by atoms with Crippen molar-refractivity contribution in [3.05, 3.63) is 73.7 Å². The standard InChI is InChI=1S/C23H18F3N5O5S2/c24-23(25,26)13-7-17(20(33)27-8-11-3-1-4-14-12(11)9-29-31-14)38-18(13)21(34)30-15(22(35)36)10-28-19(32)16-5-2-6-37-16/h1-7,9,15H,8,10H2,(H,27,33)(H,28,32)(H,29,31)(H,30,34)(H,35,36)/t15-/m0/s1. The van der Waals surface area contributed by atoms with Gasteiger partial charge in [0.1, 0.15) is 10.9 Å². The van der Waals surface area contributed by atoms with E-state index in [1.165, 1.54) is 6.07 Å². The number of carboxylic acid groups (broad SMARTS) is 1. The summed E-state index contributed by atoms with van der Waals surface area (Å²) in [6.07, 6.45) is -3.44. The van der Waals surface area contributed by atoms with Gasteiger partial charge in [-0.2, -0.15) is 18.3 Å². The molecule has 4 aromatic rings. The Kier molecular flexibility index (Phi) is 7.78. The quantitative estimate of drug-likeness (QED) is 0.210. The van der Waals surface area contributed by atoms with Gasteiger partial charge in [0, 0.05) is 18.5 Å². The minimum absolute atomic E-state index is 0.0124. The summed E-state index contributed by atoms with van der Waals surface area (Å²) >= 11 is 1.38. The van der Waals surface area contributed by atoms with Crippen LogP contribution in [0, 0.1) is 0 Å². The Bertz CT molecular complexity index is 1500. The van der Waals surface area contributed by atoms with Gasteiger partial charge >= 0.3 is 12.1 Å². The molecule has 0 unspecified atom stereocenters. The number of aliphatic carboxylic acids is 1. The maximum absolute atomic E-state index is 13.7. The largest absolute Gasteiger partial charge is 0.480 e. The van der Waals surface area contributed by atoms with Gasteiger partial charge in [-0.15, -0.1) is 22.7 Å². The van der Waals surface area contributed by atoms with E-state index in [9.17, 15) is 37.5 Å². The van der Waals surface area contributed by atoms with Crippen molar-refractivity contribution < 1.29 is 37.5 Å². The van der Waals surface area contributed by atoms with Crippen LogP contribution in [0.4, 0.5) is 13.2 Å². The first-order chi connectivity index (χ1) is 18.0. The number of nitrogens with one attached hydrogen (secondary N) is 4. The second-order valence-corrected chi connectivity index (χ2v) is 9.83. The first-order valence-corrected chi connectivity index (χ1v) is 12.5. The molecular formula is C23H18F3N5O5S2. The van der Waals surface area contributed by atoms with E-state index >= 15 is 0 Å². The molecule has 0 radical (unpaired) electrons. The molecular weight excluding hydrogens is 547 g/mol. The number of aromatic nitrogens is 2. The molecule has 198 valence electrons. The van der Waals surface area contributed by atoms with E-state index in [1.807, 2.05) is 5.32 Å². The Morgan fingerprint density at radius 3 is 2.47 bits per heavy atom. The summed E-state index contributed by atoms with van der Waals surface area (Å²) in [7, 11) is 0. The summed E-state index contributed by atoms with van der Waals surface area (Å²) in [6.45, 7) is -0.584. The molecule has 0 spiro atoms. The van der Waals surface area contributed by atoms with Gasteiger partial charge < -0.3 is 21.1 Å². The lowest BCUT2D eigenvalue weighted by molar-refractivity contribution is -0.139. The lowest BCUT2D eigenvalue weighted by Crippen LogP contribution is -2.48. The Hall–Kier alpha value is -4.24. The summed E-state index contributed by atoms with van der Waals surface area (Å²) in [4.78, 5) is 48.1. The predicted molar refractivity (Wildman–Crippen MR) is 132 cm³/mol. The van der Waals surface area contributed by atoms with E-state index in [0.717, 1.165) is 16.7 Å². The first-order valence-electron chi connectivity index (χ1n) is 10.8. The van der Waals surface area contributed by atoms with Crippen molar-refractivity contribution in [3.63, 3.8) is 0 Å². The van der Waals surface area contributed by atoms with Gasteiger partial charge in [0.15, 0.2) is 0 Å². The molecule has 0 aliphatic rings. The highest BCUT2D eigenvalue weighted by atomic mass is 32.1. The SMILES string of the molecule is O=C(NC[C@H](NC(=O)c1sc(C(=O)NCc2cccc3[nH]ncc23)cc1C(F)(F)F)C(=O)O)c1cccs1. The van der Waals surface area contributed by atoms with Crippen LogP contribution in [0.25, 0.3) is 10.9 Å². The first kappa shape index (κ1) is 26.8. The number of nitrogens with zero attached hydrogens (tertiary/aromatic N) is 1. The number of halogens is 3. The number of aromatic amines is 1. The zero-order chi connectivity index (χ0) is 27.4. The van der Waals surface area contributed by atoms with Crippen LogP contribution in [0.5, 0.6) is 0 Å². The highest BCUT2D eigenvalue weighted by molar-refractivity contribution is 7.16. The summed E-state index contributed by atoms with van der Waals surface area (Å²) in [5, 5.41) is 25.3. The van der Waals surface area contributed by atoms with Crippen molar-refractivity contribution in [2.75, 3.05) is 6.54 Å². The number of benzene rings is 1. The van der Waals surface area contributed by atoms with Crippen molar-refractivity contribution >= 4 is 57.3 Å². The van der Waals surface area contributed by atoms with Crippen LogP contribution in [0.1, 0.15) is 40.1 Å². The highest BCUT2D eigenvalue weighted by Crippen LogP contribution is 2.37. The molecule has 0 aliphatic heterocycles. The smallest absolute Gasteiger partial charge is 0.418 e. The molecule has 0 fully saturated rings. The molecule has 0 saturated heterocycles. The fourth-order valence-electron chi connectivity index (χ4n) is 3.44. The number of fused-ring (bicyclic) bond motifs is 1. The number of carbonyl (C=O) groups excluding carboxylic acids is 3. The van der Waals surface area contributed by atoms with Crippen LogP contribution in [0.15, 0.2) is 48.0 Å². The summed E-state index contributed by atoms with van der Waals surface area (Å²) in [6, 6.07) is 7.14. The molecule has 0 aliphatic carbocycles. The molecule has 4 rings (SSSR count). The van der Waals surface area contributed by atoms with Crippen LogP contribution in [-0.4, -0.2) is 51.6 Å². The summed E-state index contributed by atoms with van der Waals surface area (Å²) in [5.74, 6) is -4.36. The zero-order valence-electron chi connectivity index (χ0n) is 19.1. The lowest BCUT2D eigenvalue weighted by Gasteiger charge is -2.15. The van der Waals surface area contributed by atoms with Crippen molar-refractivity contribution in [3.8, 4) is 0 Å². The van der Waals surface area contributed by atoms with Gasteiger partial charge in [0.25, 0.3) is 17.7 Å². The van der Waals surface area contributed by atoms with Crippen LogP contribution in [0.3, 0.4) is 0 Å². The van der Waals surface area contributed by atoms with E-state index in [0.29, 0.717) is 17.1 Å². The second-order valence-electron chi connectivity index (χ2n) is 7.83. The second kappa shape index (κ2) is 11.0. The average Bonchev–Trinajstić information content (AvgIpc) is 3.64. The van der Waals surface area contributed by atoms with Crippen molar-refractivity contribution in [1.29, 1.82) is 0 Å². The highest BCUT2D eigenvalue weighted by Gasteiger charge is 2.39. The number of carbonyl (C=O) groups is 4. The van der Waals surface area contributed by atoms with Crippen molar-refractivity contribution in [2.24, 2.45) is 0 Å². The van der Waals surface area contributed by atoms with E-state index in [1.54, 1.807) is 35.8 Å². The molecule has 3 amide bonds. The molecule has 3 heterocycles. The van der Waals surface area contributed by atoms with Gasteiger partial charge in [0.2, 0.25) is 0 Å². The van der Waals surface area contributed by atoms with Crippen molar-refractivity contribution in [1.82, 2.24) is 26.1 Å². The fraction of sp³-hybridized carbons (Fsp3) is 0.174. The Morgan fingerprint density at radius 1 is 1.03 bits per heavy atom. The Morgan fingerprint density at radius 2 is 1.79 bits per heavy atom. The Labute approximate surface area is 219 Å². The topological polar surface area (TPSA) is 153 Å².